The van der Waals surface area contributed by atoms with E-state index in [2.05, 4.69) is 22.9 Å². The summed E-state index contributed by atoms with van der Waals surface area (Å²) in [6.07, 6.45) is 4.30. The largest absolute Gasteiger partial charge is 0.496 e. The van der Waals surface area contributed by atoms with Crippen LogP contribution < -0.4 is 11.3 Å². The Hall–Kier alpha value is -0.840. The van der Waals surface area contributed by atoms with Crippen LogP contribution in [0.5, 0.6) is 0 Å². The Morgan fingerprint density at radius 1 is 1.57 bits per heavy atom. The Labute approximate surface area is 87.5 Å². The van der Waals surface area contributed by atoms with Gasteiger partial charge in [-0.2, -0.15) is 11.3 Å². The molecular weight excluding hydrogens is 196 g/mol. The van der Waals surface area contributed by atoms with Crippen molar-refractivity contribution < 1.29 is 4.74 Å². The number of ether oxygens (including phenoxy) is 1. The maximum absolute atomic E-state index is 5.58. The van der Waals surface area contributed by atoms with E-state index in [1.54, 1.807) is 11.3 Å². The third kappa shape index (κ3) is 1.97. The first kappa shape index (κ1) is 9.71. The molecule has 1 aromatic rings. The average Bonchev–Trinajstić information content (AvgIpc) is 2.74. The van der Waals surface area contributed by atoms with Crippen molar-refractivity contribution in [1.29, 1.82) is 0 Å². The first-order valence-electron chi connectivity index (χ1n) is 4.73. The fourth-order valence-electron chi connectivity index (χ4n) is 1.56. The molecule has 1 atom stereocenters. The average molecular weight is 210 g/mol. The van der Waals surface area contributed by atoms with Crippen LogP contribution in [0.4, 0.5) is 0 Å². The van der Waals surface area contributed by atoms with Crippen LogP contribution in [0.15, 0.2) is 28.7 Å². The highest BCUT2D eigenvalue weighted by molar-refractivity contribution is 7.07. The van der Waals surface area contributed by atoms with Gasteiger partial charge >= 0.3 is 0 Å². The summed E-state index contributed by atoms with van der Waals surface area (Å²) in [5.74, 6) is 6.48. The van der Waals surface area contributed by atoms with Gasteiger partial charge in [-0.1, -0.05) is 0 Å². The summed E-state index contributed by atoms with van der Waals surface area (Å²) in [6.45, 7) is 0.800. The third-order valence-corrected chi connectivity index (χ3v) is 2.99. The number of thiophene rings is 1. The zero-order valence-corrected chi connectivity index (χ0v) is 8.72. The third-order valence-electron chi connectivity index (χ3n) is 2.29. The number of hydrazine groups is 1. The van der Waals surface area contributed by atoms with Crippen LogP contribution in [-0.4, -0.2) is 6.61 Å². The maximum atomic E-state index is 5.58. The second kappa shape index (κ2) is 4.59. The minimum atomic E-state index is 0.0153. The molecular formula is C10H14N2OS. The van der Waals surface area contributed by atoms with E-state index >= 15 is 0 Å². The van der Waals surface area contributed by atoms with Crippen LogP contribution in [0, 0.1) is 0 Å². The Morgan fingerprint density at radius 2 is 2.50 bits per heavy atom. The molecule has 76 valence electrons. The normalized spacial score (nSPS) is 18.5. The van der Waals surface area contributed by atoms with Gasteiger partial charge in [0.15, 0.2) is 0 Å². The van der Waals surface area contributed by atoms with Gasteiger partial charge in [0.05, 0.1) is 6.61 Å². The van der Waals surface area contributed by atoms with Gasteiger partial charge in [-0.05, 0) is 41.3 Å². The van der Waals surface area contributed by atoms with Crippen molar-refractivity contribution in [2.75, 3.05) is 6.61 Å². The summed E-state index contributed by atoms with van der Waals surface area (Å²) in [5.41, 5.74) is 3.96. The first-order chi connectivity index (χ1) is 6.92. The molecule has 0 fully saturated rings. The minimum absolute atomic E-state index is 0.0153. The quantitative estimate of drug-likeness (QED) is 0.592. The van der Waals surface area contributed by atoms with E-state index in [4.69, 9.17) is 10.6 Å². The molecule has 2 heterocycles. The molecule has 2 rings (SSSR count). The highest BCUT2D eigenvalue weighted by Gasteiger charge is 2.18. The molecule has 0 saturated heterocycles. The summed E-state index contributed by atoms with van der Waals surface area (Å²) >= 11 is 1.67. The molecule has 3 nitrogen and oxygen atoms in total. The standard InChI is InChI=1S/C10H14N2OS/c11-12-10(8-4-6-14-7-8)9-3-1-2-5-13-9/h3-4,6-7,10,12H,1-2,5,11H2. The van der Waals surface area contributed by atoms with Crippen LogP contribution in [0.25, 0.3) is 0 Å². The summed E-state index contributed by atoms with van der Waals surface area (Å²) < 4.78 is 5.58. The van der Waals surface area contributed by atoms with Gasteiger partial charge in [0.1, 0.15) is 11.8 Å². The molecule has 0 saturated carbocycles. The molecule has 1 aliphatic rings. The van der Waals surface area contributed by atoms with Gasteiger partial charge in [-0.25, -0.2) is 5.43 Å². The van der Waals surface area contributed by atoms with E-state index in [1.807, 2.05) is 5.38 Å². The molecule has 0 spiro atoms. The Balaban J connectivity index is 2.16. The molecule has 0 aliphatic carbocycles. The molecule has 1 aromatic heterocycles. The number of nitrogens with two attached hydrogens (primary N) is 1. The van der Waals surface area contributed by atoms with Crippen molar-refractivity contribution in [3.8, 4) is 0 Å². The maximum Gasteiger partial charge on any atom is 0.115 e. The summed E-state index contributed by atoms with van der Waals surface area (Å²) in [6, 6.07) is 2.08. The van der Waals surface area contributed by atoms with E-state index in [1.165, 1.54) is 5.56 Å². The van der Waals surface area contributed by atoms with Crippen molar-refractivity contribution in [2.45, 2.75) is 18.9 Å². The van der Waals surface area contributed by atoms with Crippen LogP contribution in [-0.2, 0) is 4.74 Å². The number of hydrogen-bond donors (Lipinski definition) is 2. The van der Waals surface area contributed by atoms with Crippen molar-refractivity contribution in [3.63, 3.8) is 0 Å². The van der Waals surface area contributed by atoms with E-state index in [9.17, 15) is 0 Å². The highest BCUT2D eigenvalue weighted by Crippen LogP contribution is 2.26. The second-order valence-corrected chi connectivity index (χ2v) is 4.03. The number of hydrogen-bond acceptors (Lipinski definition) is 4. The van der Waals surface area contributed by atoms with E-state index in [0.717, 1.165) is 25.2 Å². The minimum Gasteiger partial charge on any atom is -0.496 e. The number of nitrogens with one attached hydrogen (secondary N) is 1. The van der Waals surface area contributed by atoms with E-state index in [-0.39, 0.29) is 6.04 Å². The molecule has 1 aliphatic heterocycles. The fraction of sp³-hybridized carbons (Fsp3) is 0.400. The van der Waals surface area contributed by atoms with Gasteiger partial charge in [0.25, 0.3) is 0 Å². The van der Waals surface area contributed by atoms with Gasteiger partial charge in [0, 0.05) is 0 Å². The summed E-state index contributed by atoms with van der Waals surface area (Å²) in [5, 5.41) is 4.13. The molecule has 0 amide bonds. The van der Waals surface area contributed by atoms with Gasteiger partial charge in [-0.15, -0.1) is 0 Å². The van der Waals surface area contributed by atoms with Gasteiger partial charge < -0.3 is 4.74 Å². The predicted molar refractivity (Wildman–Crippen MR) is 57.7 cm³/mol. The Bertz CT molecular complexity index is 308. The van der Waals surface area contributed by atoms with Crippen LogP contribution in [0.3, 0.4) is 0 Å². The number of rotatable bonds is 3. The summed E-state index contributed by atoms with van der Waals surface area (Å²) in [7, 11) is 0. The lowest BCUT2D eigenvalue weighted by molar-refractivity contribution is 0.168. The summed E-state index contributed by atoms with van der Waals surface area (Å²) in [4.78, 5) is 0. The zero-order valence-electron chi connectivity index (χ0n) is 7.90. The van der Waals surface area contributed by atoms with Gasteiger partial charge in [-0.3, -0.25) is 5.84 Å². The van der Waals surface area contributed by atoms with E-state index in [0.29, 0.717) is 0 Å². The molecule has 1 unspecified atom stereocenters. The van der Waals surface area contributed by atoms with Crippen molar-refractivity contribution in [1.82, 2.24) is 5.43 Å². The SMILES string of the molecule is NNC(C1=CCCCO1)c1ccsc1. The lowest BCUT2D eigenvalue weighted by atomic mass is 10.1. The highest BCUT2D eigenvalue weighted by atomic mass is 32.1. The fourth-order valence-corrected chi connectivity index (χ4v) is 2.25. The van der Waals surface area contributed by atoms with Crippen molar-refractivity contribution in [3.05, 3.63) is 34.2 Å². The zero-order chi connectivity index (χ0) is 9.80. The van der Waals surface area contributed by atoms with Crippen LogP contribution in [0.2, 0.25) is 0 Å². The Morgan fingerprint density at radius 3 is 3.07 bits per heavy atom. The molecule has 4 heteroatoms. The van der Waals surface area contributed by atoms with Crippen molar-refractivity contribution in [2.24, 2.45) is 5.84 Å². The first-order valence-corrected chi connectivity index (χ1v) is 5.67. The van der Waals surface area contributed by atoms with Gasteiger partial charge in [0.2, 0.25) is 0 Å². The predicted octanol–water partition coefficient (Wildman–Crippen LogP) is 1.95. The van der Waals surface area contributed by atoms with Crippen molar-refractivity contribution >= 4 is 11.3 Å². The van der Waals surface area contributed by atoms with Crippen LogP contribution in [0.1, 0.15) is 24.4 Å². The lowest BCUT2D eigenvalue weighted by Gasteiger charge is -2.22. The topological polar surface area (TPSA) is 47.3 Å². The smallest absolute Gasteiger partial charge is 0.115 e. The molecule has 14 heavy (non-hydrogen) atoms. The second-order valence-electron chi connectivity index (χ2n) is 3.25. The van der Waals surface area contributed by atoms with Crippen LogP contribution >= 0.6 is 11.3 Å². The lowest BCUT2D eigenvalue weighted by Crippen LogP contribution is -2.30. The molecule has 0 radical (unpaired) electrons. The Kier molecular flexibility index (Phi) is 3.18. The molecule has 0 aromatic carbocycles. The monoisotopic (exact) mass is 210 g/mol. The molecule has 3 N–H and O–H groups in total. The number of allylic oxidation sites excluding steroid dienone is 1. The van der Waals surface area contributed by atoms with E-state index < -0.39 is 0 Å². The molecule has 0 bridgehead atoms.